The number of aromatic amines is 1. The summed E-state index contributed by atoms with van der Waals surface area (Å²) in [5.41, 5.74) is 1.54. The summed E-state index contributed by atoms with van der Waals surface area (Å²) in [6.45, 7) is 2.05. The average molecular weight is 271 g/mol. The van der Waals surface area contributed by atoms with E-state index in [4.69, 9.17) is 0 Å². The minimum absolute atomic E-state index is 0.0669. The number of carbonyl (C=O) groups excluding carboxylic acids is 1. The van der Waals surface area contributed by atoms with Crippen molar-refractivity contribution in [1.29, 1.82) is 0 Å². The van der Waals surface area contributed by atoms with Crippen LogP contribution in [-0.2, 0) is 4.79 Å². The fourth-order valence-corrected chi connectivity index (χ4v) is 2.41. The lowest BCUT2D eigenvalue weighted by molar-refractivity contribution is -0.112. The zero-order chi connectivity index (χ0) is 13.9. The summed E-state index contributed by atoms with van der Waals surface area (Å²) in [5, 5.41) is 6.04. The van der Waals surface area contributed by atoms with Crippen molar-refractivity contribution in [3.8, 4) is 0 Å². The molecule has 1 aliphatic carbocycles. The molecule has 3 N–H and O–H groups in total. The largest absolute Gasteiger partial charge is 0.345 e. The Kier molecular flexibility index (Phi) is 3.37. The minimum Gasteiger partial charge on any atom is -0.345 e. The van der Waals surface area contributed by atoms with Crippen LogP contribution in [0.4, 0.5) is 5.95 Å². The van der Waals surface area contributed by atoms with E-state index in [9.17, 15) is 4.79 Å². The molecule has 6 heteroatoms. The van der Waals surface area contributed by atoms with Gasteiger partial charge >= 0.3 is 0 Å². The summed E-state index contributed by atoms with van der Waals surface area (Å²) in [4.78, 5) is 23.9. The standard InChI is InChI=1S/C14H17N5O/c1-2-11-17-10-6-4-3-5-9(12(10)18-11)13(20)19-14-15-7-8-16-14/h3,5,7-8,10H,2,4,6H2,1H3,(H,17,18)(H2,15,16,19,20). The Balaban J connectivity index is 1.87. The van der Waals surface area contributed by atoms with Gasteiger partial charge in [0.15, 0.2) is 0 Å². The quantitative estimate of drug-likeness (QED) is 0.783. The van der Waals surface area contributed by atoms with Crippen LogP contribution in [0.15, 0.2) is 40.8 Å². The third-order valence-corrected chi connectivity index (χ3v) is 3.41. The van der Waals surface area contributed by atoms with Crippen molar-refractivity contribution in [2.45, 2.75) is 32.2 Å². The number of aromatic nitrogens is 2. The van der Waals surface area contributed by atoms with Crippen molar-refractivity contribution in [1.82, 2.24) is 15.3 Å². The number of anilines is 1. The van der Waals surface area contributed by atoms with Crippen LogP contribution >= 0.6 is 0 Å². The SMILES string of the molecule is CCC1=NC2CCC=CC(C(=O)Nc3ncc[nH]3)=C2N1. The molecular weight excluding hydrogens is 254 g/mol. The summed E-state index contributed by atoms with van der Waals surface area (Å²) < 4.78 is 0. The van der Waals surface area contributed by atoms with Gasteiger partial charge in [-0.2, -0.15) is 0 Å². The zero-order valence-corrected chi connectivity index (χ0v) is 11.3. The highest BCUT2D eigenvalue weighted by atomic mass is 16.1. The van der Waals surface area contributed by atoms with E-state index >= 15 is 0 Å². The smallest absolute Gasteiger partial charge is 0.259 e. The number of H-pyrrole nitrogens is 1. The van der Waals surface area contributed by atoms with E-state index in [0.717, 1.165) is 30.8 Å². The van der Waals surface area contributed by atoms with Crippen LogP contribution in [0.3, 0.4) is 0 Å². The van der Waals surface area contributed by atoms with Crippen LogP contribution in [-0.4, -0.2) is 27.8 Å². The molecule has 0 saturated carbocycles. The molecule has 2 heterocycles. The van der Waals surface area contributed by atoms with Crippen LogP contribution in [0, 0.1) is 0 Å². The van der Waals surface area contributed by atoms with Crippen molar-refractivity contribution < 1.29 is 4.79 Å². The van der Waals surface area contributed by atoms with Crippen LogP contribution in [0.1, 0.15) is 26.2 Å². The van der Waals surface area contributed by atoms with Crippen molar-refractivity contribution in [2.24, 2.45) is 4.99 Å². The lowest BCUT2D eigenvalue weighted by Crippen LogP contribution is -2.25. The first kappa shape index (κ1) is 12.7. The Bertz CT molecular complexity index is 597. The van der Waals surface area contributed by atoms with Gasteiger partial charge < -0.3 is 10.3 Å². The maximum Gasteiger partial charge on any atom is 0.259 e. The predicted molar refractivity (Wildman–Crippen MR) is 77.3 cm³/mol. The molecule has 0 bridgehead atoms. The average Bonchev–Trinajstić information content (AvgIpc) is 3.05. The third-order valence-electron chi connectivity index (χ3n) is 3.41. The van der Waals surface area contributed by atoms with E-state index in [0.29, 0.717) is 11.5 Å². The third kappa shape index (κ3) is 2.36. The van der Waals surface area contributed by atoms with E-state index in [2.05, 4.69) is 32.5 Å². The van der Waals surface area contributed by atoms with Gasteiger partial charge in [0.2, 0.25) is 5.95 Å². The van der Waals surface area contributed by atoms with Crippen LogP contribution in [0.5, 0.6) is 0 Å². The van der Waals surface area contributed by atoms with E-state index in [1.54, 1.807) is 12.4 Å². The Morgan fingerprint density at radius 3 is 3.20 bits per heavy atom. The first-order valence-electron chi connectivity index (χ1n) is 6.83. The molecule has 2 aliphatic rings. The molecule has 20 heavy (non-hydrogen) atoms. The molecule has 0 fully saturated rings. The van der Waals surface area contributed by atoms with Crippen LogP contribution < -0.4 is 10.6 Å². The normalized spacial score (nSPS) is 21.1. The van der Waals surface area contributed by atoms with Crippen LogP contribution in [0.2, 0.25) is 0 Å². The maximum atomic E-state index is 12.4. The van der Waals surface area contributed by atoms with Gasteiger partial charge in [-0.25, -0.2) is 4.98 Å². The second-order valence-electron chi connectivity index (χ2n) is 4.77. The molecule has 104 valence electrons. The van der Waals surface area contributed by atoms with Gasteiger partial charge in [0.25, 0.3) is 5.91 Å². The van der Waals surface area contributed by atoms with Gasteiger partial charge in [0.05, 0.1) is 17.3 Å². The zero-order valence-electron chi connectivity index (χ0n) is 11.3. The maximum absolute atomic E-state index is 12.4. The molecule has 1 aromatic heterocycles. The fraction of sp³-hybridized carbons (Fsp3) is 0.357. The monoisotopic (exact) mass is 271 g/mol. The number of amidine groups is 1. The number of allylic oxidation sites excluding steroid dienone is 1. The van der Waals surface area contributed by atoms with Crippen LogP contribution in [0.25, 0.3) is 0 Å². The van der Waals surface area contributed by atoms with Gasteiger partial charge in [-0.15, -0.1) is 0 Å². The second-order valence-corrected chi connectivity index (χ2v) is 4.77. The fourth-order valence-electron chi connectivity index (χ4n) is 2.41. The van der Waals surface area contributed by atoms with Crippen molar-refractivity contribution in [3.05, 3.63) is 35.8 Å². The van der Waals surface area contributed by atoms with Gasteiger partial charge in [0.1, 0.15) is 5.84 Å². The first-order valence-corrected chi connectivity index (χ1v) is 6.83. The summed E-state index contributed by atoms with van der Waals surface area (Å²) in [6, 6.07) is 0.0669. The highest BCUT2D eigenvalue weighted by molar-refractivity contribution is 6.06. The topological polar surface area (TPSA) is 82.2 Å². The number of carbonyl (C=O) groups is 1. The van der Waals surface area contributed by atoms with Gasteiger partial charge in [-0.05, 0) is 12.8 Å². The minimum atomic E-state index is -0.168. The number of fused-ring (bicyclic) bond motifs is 1. The number of rotatable bonds is 3. The molecule has 1 aliphatic heterocycles. The van der Waals surface area contributed by atoms with E-state index in [1.165, 1.54) is 0 Å². The Labute approximate surface area is 117 Å². The van der Waals surface area contributed by atoms with E-state index < -0.39 is 0 Å². The Morgan fingerprint density at radius 2 is 2.45 bits per heavy atom. The molecule has 0 aromatic carbocycles. The molecular formula is C14H17N5O. The van der Waals surface area contributed by atoms with Gasteiger partial charge in [0, 0.05) is 18.8 Å². The highest BCUT2D eigenvalue weighted by Crippen LogP contribution is 2.25. The first-order chi connectivity index (χ1) is 9.78. The molecule has 1 atom stereocenters. The molecule has 0 spiro atoms. The lowest BCUT2D eigenvalue weighted by atomic mass is 10.1. The van der Waals surface area contributed by atoms with E-state index in [1.807, 2.05) is 12.2 Å². The van der Waals surface area contributed by atoms with Crippen molar-refractivity contribution >= 4 is 17.7 Å². The lowest BCUT2D eigenvalue weighted by Gasteiger charge is -2.11. The molecule has 0 saturated heterocycles. The molecule has 1 unspecified atom stereocenters. The molecule has 0 radical (unpaired) electrons. The number of hydrogen-bond acceptors (Lipinski definition) is 4. The Morgan fingerprint density at radius 1 is 1.55 bits per heavy atom. The molecule has 3 rings (SSSR count). The van der Waals surface area contributed by atoms with Gasteiger partial charge in [-0.1, -0.05) is 19.1 Å². The highest BCUT2D eigenvalue weighted by Gasteiger charge is 2.28. The van der Waals surface area contributed by atoms with Crippen molar-refractivity contribution in [3.63, 3.8) is 0 Å². The number of imidazole rings is 1. The summed E-state index contributed by atoms with van der Waals surface area (Å²) in [6.07, 6.45) is 9.86. The number of amides is 1. The molecule has 6 nitrogen and oxygen atoms in total. The van der Waals surface area contributed by atoms with E-state index in [-0.39, 0.29) is 11.9 Å². The molecule has 1 amide bonds. The Hall–Kier alpha value is -2.37. The van der Waals surface area contributed by atoms with Crippen molar-refractivity contribution in [2.75, 3.05) is 5.32 Å². The number of aliphatic imine (C=N–C) groups is 1. The van der Waals surface area contributed by atoms with Gasteiger partial charge in [-0.3, -0.25) is 15.1 Å². The summed E-state index contributed by atoms with van der Waals surface area (Å²) in [5.74, 6) is 1.23. The second kappa shape index (κ2) is 5.32. The predicted octanol–water partition coefficient (Wildman–Crippen LogP) is 1.73. The summed E-state index contributed by atoms with van der Waals surface area (Å²) in [7, 11) is 0. The number of nitrogens with zero attached hydrogens (tertiary/aromatic N) is 2. The number of hydrogen-bond donors (Lipinski definition) is 3. The number of nitrogens with one attached hydrogen (secondary N) is 3. The summed E-state index contributed by atoms with van der Waals surface area (Å²) >= 11 is 0. The molecule has 1 aromatic rings.